The number of thiophene rings is 1. The third kappa shape index (κ3) is 4.53. The van der Waals surface area contributed by atoms with Crippen molar-refractivity contribution in [2.45, 2.75) is 66.7 Å². The lowest BCUT2D eigenvalue weighted by atomic mass is 9.90. The molecule has 2 unspecified atom stereocenters. The molecule has 2 aromatic heterocycles. The van der Waals surface area contributed by atoms with Crippen molar-refractivity contribution in [2.24, 2.45) is 11.8 Å². The fraction of sp³-hybridized carbons (Fsp3) is 0.600. The van der Waals surface area contributed by atoms with Gasteiger partial charge in [0.25, 0.3) is 5.91 Å². The monoisotopic (exact) mass is 404 g/mol. The molecule has 0 radical (unpaired) electrons. The van der Waals surface area contributed by atoms with Crippen LogP contribution in [0.2, 0.25) is 0 Å². The van der Waals surface area contributed by atoms with E-state index in [2.05, 4.69) is 30.3 Å². The van der Waals surface area contributed by atoms with Gasteiger partial charge >= 0.3 is 5.97 Å². The molecule has 7 nitrogen and oxygen atoms in total. The molecular formula is C20H28N4O3S. The first kappa shape index (κ1) is 21.9. The first-order chi connectivity index (χ1) is 13.0. The maximum absolute atomic E-state index is 12.6. The van der Waals surface area contributed by atoms with Gasteiger partial charge in [-0.3, -0.25) is 9.48 Å². The molecule has 2 rings (SSSR count). The van der Waals surface area contributed by atoms with Crippen molar-refractivity contribution in [3.63, 3.8) is 0 Å². The standard InChI is InChI=1S/C20H28N4O3S/c1-11(2)9-24-18-15(13(5)23-24)8-16(28-18)19(26)27-14(6)17(25)22-20(7,10-21)12(3)4/h8,11-12,14H,9H2,1-7H3,(H,22,25). The van der Waals surface area contributed by atoms with Crippen LogP contribution in [0.1, 0.15) is 56.9 Å². The third-order valence-electron chi connectivity index (χ3n) is 4.77. The van der Waals surface area contributed by atoms with Crippen LogP contribution in [0.5, 0.6) is 0 Å². The van der Waals surface area contributed by atoms with Gasteiger partial charge in [-0.1, -0.05) is 27.7 Å². The lowest BCUT2D eigenvalue weighted by Gasteiger charge is -2.28. The summed E-state index contributed by atoms with van der Waals surface area (Å²) in [5.41, 5.74) is -0.161. The summed E-state index contributed by atoms with van der Waals surface area (Å²) in [6.45, 7) is 13.7. The number of hydrogen-bond donors (Lipinski definition) is 1. The molecule has 28 heavy (non-hydrogen) atoms. The molecule has 1 N–H and O–H groups in total. The van der Waals surface area contributed by atoms with Crippen molar-refractivity contribution in [3.8, 4) is 6.07 Å². The van der Waals surface area contributed by atoms with Crippen LogP contribution < -0.4 is 5.32 Å². The lowest BCUT2D eigenvalue weighted by Crippen LogP contribution is -2.52. The smallest absolute Gasteiger partial charge is 0.349 e. The molecule has 0 aromatic carbocycles. The Hall–Kier alpha value is -2.40. The van der Waals surface area contributed by atoms with Gasteiger partial charge in [0.05, 0.1) is 11.8 Å². The van der Waals surface area contributed by atoms with Gasteiger partial charge in [-0.05, 0) is 38.7 Å². The van der Waals surface area contributed by atoms with E-state index in [-0.39, 0.29) is 5.92 Å². The predicted octanol–water partition coefficient (Wildman–Crippen LogP) is 3.66. The number of esters is 1. The number of fused-ring (bicyclic) bond motifs is 1. The number of amides is 1. The molecule has 152 valence electrons. The number of nitrogens with one attached hydrogen (secondary N) is 1. The van der Waals surface area contributed by atoms with Crippen LogP contribution in [-0.4, -0.2) is 33.3 Å². The Morgan fingerprint density at radius 2 is 2.00 bits per heavy atom. The highest BCUT2D eigenvalue weighted by atomic mass is 32.1. The van der Waals surface area contributed by atoms with Crippen LogP contribution in [-0.2, 0) is 16.1 Å². The second-order valence-corrected chi connectivity index (χ2v) is 9.03. The van der Waals surface area contributed by atoms with E-state index in [1.165, 1.54) is 18.3 Å². The molecule has 8 heteroatoms. The van der Waals surface area contributed by atoms with E-state index < -0.39 is 23.5 Å². The van der Waals surface area contributed by atoms with E-state index in [0.29, 0.717) is 10.8 Å². The van der Waals surface area contributed by atoms with E-state index in [9.17, 15) is 14.9 Å². The molecule has 0 aliphatic heterocycles. The predicted molar refractivity (Wildman–Crippen MR) is 109 cm³/mol. The minimum absolute atomic E-state index is 0.0844. The summed E-state index contributed by atoms with van der Waals surface area (Å²) in [7, 11) is 0. The third-order valence-corrected chi connectivity index (χ3v) is 5.90. The Bertz CT molecular complexity index is 922. The Morgan fingerprint density at radius 3 is 2.54 bits per heavy atom. The highest BCUT2D eigenvalue weighted by molar-refractivity contribution is 7.20. The van der Waals surface area contributed by atoms with Gasteiger partial charge in [0, 0.05) is 11.9 Å². The minimum atomic E-state index is -1.02. The Morgan fingerprint density at radius 1 is 1.36 bits per heavy atom. The van der Waals surface area contributed by atoms with Crippen LogP contribution in [0.3, 0.4) is 0 Å². The van der Waals surface area contributed by atoms with Gasteiger partial charge in [0.15, 0.2) is 6.10 Å². The first-order valence-corrected chi connectivity index (χ1v) is 10.2. The number of carbonyl (C=O) groups excluding carboxylic acids is 2. The van der Waals surface area contributed by atoms with E-state index in [1.807, 2.05) is 25.5 Å². The minimum Gasteiger partial charge on any atom is -0.448 e. The second kappa shape index (κ2) is 8.31. The molecule has 0 fully saturated rings. The summed E-state index contributed by atoms with van der Waals surface area (Å²) in [5, 5.41) is 17.5. The summed E-state index contributed by atoms with van der Waals surface area (Å²) in [6.07, 6.45) is -1.00. The lowest BCUT2D eigenvalue weighted by molar-refractivity contribution is -0.130. The van der Waals surface area contributed by atoms with Crippen molar-refractivity contribution in [2.75, 3.05) is 0 Å². The summed E-state index contributed by atoms with van der Waals surface area (Å²) >= 11 is 1.31. The SMILES string of the molecule is Cc1nn(CC(C)C)c2sc(C(=O)OC(C)C(=O)NC(C)(C#N)C(C)C)cc12. The molecule has 0 saturated carbocycles. The van der Waals surface area contributed by atoms with Crippen molar-refractivity contribution in [3.05, 3.63) is 16.6 Å². The van der Waals surface area contributed by atoms with Crippen molar-refractivity contribution >= 4 is 33.4 Å². The molecule has 1 amide bonds. The van der Waals surface area contributed by atoms with Gasteiger partial charge in [-0.2, -0.15) is 10.4 Å². The van der Waals surface area contributed by atoms with Crippen molar-refractivity contribution in [1.29, 1.82) is 5.26 Å². The summed E-state index contributed by atoms with van der Waals surface area (Å²) in [4.78, 5) is 26.3. The van der Waals surface area contributed by atoms with Gasteiger partial charge in [-0.25, -0.2) is 4.79 Å². The molecular weight excluding hydrogens is 376 g/mol. The quantitative estimate of drug-likeness (QED) is 0.710. The number of nitrogens with zero attached hydrogens (tertiary/aromatic N) is 3. The largest absolute Gasteiger partial charge is 0.448 e. The van der Waals surface area contributed by atoms with Crippen molar-refractivity contribution < 1.29 is 14.3 Å². The van der Waals surface area contributed by atoms with Gasteiger partial charge in [-0.15, -0.1) is 11.3 Å². The summed E-state index contributed by atoms with van der Waals surface area (Å²) in [6, 6.07) is 3.87. The van der Waals surface area contributed by atoms with E-state index in [1.54, 1.807) is 13.0 Å². The number of carbonyl (C=O) groups is 2. The van der Waals surface area contributed by atoms with Crippen molar-refractivity contribution in [1.82, 2.24) is 15.1 Å². The zero-order chi connectivity index (χ0) is 21.2. The second-order valence-electron chi connectivity index (χ2n) is 8.00. The van der Waals surface area contributed by atoms with Crippen LogP contribution in [0.4, 0.5) is 0 Å². The summed E-state index contributed by atoms with van der Waals surface area (Å²) in [5.74, 6) is -0.699. The molecule has 0 spiro atoms. The highest BCUT2D eigenvalue weighted by Crippen LogP contribution is 2.29. The average Bonchev–Trinajstić information content (AvgIpc) is 3.15. The average molecular weight is 405 g/mol. The zero-order valence-corrected chi connectivity index (χ0v) is 18.3. The summed E-state index contributed by atoms with van der Waals surface area (Å²) < 4.78 is 7.26. The van der Waals surface area contributed by atoms with Crippen LogP contribution in [0, 0.1) is 30.1 Å². The molecule has 0 saturated heterocycles. The fourth-order valence-corrected chi connectivity index (χ4v) is 3.67. The Kier molecular flexibility index (Phi) is 6.50. The first-order valence-electron chi connectivity index (χ1n) is 9.39. The molecule has 2 heterocycles. The topological polar surface area (TPSA) is 97.0 Å². The number of rotatable bonds is 7. The van der Waals surface area contributed by atoms with Crippen LogP contribution >= 0.6 is 11.3 Å². The fourth-order valence-electron chi connectivity index (χ4n) is 2.61. The van der Waals surface area contributed by atoms with Crippen LogP contribution in [0.25, 0.3) is 10.2 Å². The normalized spacial score (nSPS) is 14.7. The molecule has 0 bridgehead atoms. The maximum Gasteiger partial charge on any atom is 0.349 e. The van der Waals surface area contributed by atoms with Gasteiger partial charge in [0.1, 0.15) is 15.2 Å². The Balaban J connectivity index is 2.14. The number of aromatic nitrogens is 2. The molecule has 0 aliphatic rings. The van der Waals surface area contributed by atoms with E-state index >= 15 is 0 Å². The van der Waals surface area contributed by atoms with E-state index in [0.717, 1.165) is 22.5 Å². The van der Waals surface area contributed by atoms with Crippen LogP contribution in [0.15, 0.2) is 6.07 Å². The Labute approximate surface area is 169 Å². The number of aryl methyl sites for hydroxylation is 1. The molecule has 2 atom stereocenters. The highest BCUT2D eigenvalue weighted by Gasteiger charge is 2.33. The number of ether oxygens (including phenoxy) is 1. The molecule has 0 aliphatic carbocycles. The number of hydrogen-bond acceptors (Lipinski definition) is 6. The van der Waals surface area contributed by atoms with Gasteiger partial charge < -0.3 is 10.1 Å². The van der Waals surface area contributed by atoms with Gasteiger partial charge in [0.2, 0.25) is 0 Å². The maximum atomic E-state index is 12.6. The number of nitriles is 1. The molecule has 2 aromatic rings. The zero-order valence-electron chi connectivity index (χ0n) is 17.5. The van der Waals surface area contributed by atoms with E-state index in [4.69, 9.17) is 4.74 Å².